The number of phenolic OH excluding ortho intramolecular Hbond substituents is 1. The van der Waals surface area contributed by atoms with Crippen LogP contribution in [0.15, 0.2) is 76.9 Å². The number of carbonyl (C=O) groups is 5. The number of para-hydroxylation sites is 1. The molecule has 1 heterocycles. The molecule has 0 bridgehead atoms. The second-order valence-electron chi connectivity index (χ2n) is 10.6. The SMILES string of the molecule is CC1=CC(=O)C2=C(C[C@@H]3C(=CC[C@@H]4C(=O)N(c5cccc(C(=O)O)c5)C(=O)[C@@H]43)[C@@H]2c2cccc(C)c2O)C1=O. The van der Waals surface area contributed by atoms with Gasteiger partial charge in [0, 0.05) is 28.2 Å². The lowest BCUT2D eigenvalue weighted by Gasteiger charge is -2.42. The highest BCUT2D eigenvalue weighted by Gasteiger charge is 2.56. The summed E-state index contributed by atoms with van der Waals surface area (Å²) in [6, 6.07) is 11.0. The van der Waals surface area contributed by atoms with E-state index in [4.69, 9.17) is 0 Å². The van der Waals surface area contributed by atoms with Gasteiger partial charge in [0.1, 0.15) is 5.75 Å². The maximum absolute atomic E-state index is 13.9. The third-order valence-electron chi connectivity index (χ3n) is 8.49. The van der Waals surface area contributed by atoms with E-state index < -0.39 is 41.5 Å². The fourth-order valence-electron chi connectivity index (χ4n) is 6.68. The zero-order valence-corrected chi connectivity index (χ0v) is 21.3. The number of amides is 2. The molecule has 6 rings (SSSR count). The number of carbonyl (C=O) groups excluding carboxylic acids is 4. The lowest BCUT2D eigenvalue weighted by molar-refractivity contribution is -0.123. The van der Waals surface area contributed by atoms with Gasteiger partial charge < -0.3 is 10.2 Å². The van der Waals surface area contributed by atoms with Crippen LogP contribution in [0, 0.1) is 24.7 Å². The van der Waals surface area contributed by atoms with Crippen LogP contribution >= 0.6 is 0 Å². The van der Waals surface area contributed by atoms with Gasteiger partial charge in [0.15, 0.2) is 11.6 Å². The number of benzene rings is 2. The molecule has 2 amide bonds. The van der Waals surface area contributed by atoms with Gasteiger partial charge in [-0.05, 0) is 62.4 Å². The highest BCUT2D eigenvalue weighted by atomic mass is 16.4. The number of aromatic hydroxyl groups is 1. The molecule has 196 valence electrons. The van der Waals surface area contributed by atoms with Crippen molar-refractivity contribution in [3.63, 3.8) is 0 Å². The predicted octanol–water partition coefficient (Wildman–Crippen LogP) is 4.03. The number of hydrogen-bond acceptors (Lipinski definition) is 6. The molecule has 3 aliphatic carbocycles. The molecular weight excluding hydrogens is 498 g/mol. The largest absolute Gasteiger partial charge is 0.507 e. The Hall–Kier alpha value is -4.59. The fourth-order valence-corrected chi connectivity index (χ4v) is 6.68. The number of phenols is 1. The van der Waals surface area contributed by atoms with Crippen LogP contribution in [0.1, 0.15) is 47.2 Å². The molecular formula is C31H25NO7. The molecule has 1 aliphatic heterocycles. The summed E-state index contributed by atoms with van der Waals surface area (Å²) in [7, 11) is 0. The molecule has 0 unspecified atom stereocenters. The van der Waals surface area contributed by atoms with Gasteiger partial charge in [-0.15, -0.1) is 0 Å². The van der Waals surface area contributed by atoms with Crippen molar-refractivity contribution in [2.24, 2.45) is 17.8 Å². The van der Waals surface area contributed by atoms with E-state index in [2.05, 4.69) is 0 Å². The summed E-state index contributed by atoms with van der Waals surface area (Å²) >= 11 is 0. The van der Waals surface area contributed by atoms with Gasteiger partial charge in [-0.2, -0.15) is 0 Å². The van der Waals surface area contributed by atoms with E-state index in [0.717, 1.165) is 10.5 Å². The van der Waals surface area contributed by atoms with Gasteiger partial charge in [-0.1, -0.05) is 35.9 Å². The van der Waals surface area contributed by atoms with E-state index >= 15 is 0 Å². The Labute approximate surface area is 223 Å². The first-order chi connectivity index (χ1) is 18.6. The van der Waals surface area contributed by atoms with Crippen molar-refractivity contribution in [2.45, 2.75) is 32.6 Å². The summed E-state index contributed by atoms with van der Waals surface area (Å²) in [5, 5.41) is 20.5. The summed E-state index contributed by atoms with van der Waals surface area (Å²) in [6.45, 7) is 3.33. The van der Waals surface area contributed by atoms with Crippen LogP contribution in [-0.2, 0) is 19.2 Å². The van der Waals surface area contributed by atoms with Crippen molar-refractivity contribution in [2.75, 3.05) is 4.90 Å². The number of nitrogens with zero attached hydrogens (tertiary/aromatic N) is 1. The number of aromatic carboxylic acids is 1. The molecule has 0 spiro atoms. The van der Waals surface area contributed by atoms with Crippen LogP contribution in [0.25, 0.3) is 0 Å². The van der Waals surface area contributed by atoms with Gasteiger partial charge in [-0.3, -0.25) is 24.1 Å². The Morgan fingerprint density at radius 2 is 1.72 bits per heavy atom. The summed E-state index contributed by atoms with van der Waals surface area (Å²) in [5.41, 5.74) is 2.93. The zero-order valence-electron chi connectivity index (χ0n) is 21.3. The van der Waals surface area contributed by atoms with Gasteiger partial charge >= 0.3 is 5.97 Å². The predicted molar refractivity (Wildman–Crippen MR) is 140 cm³/mol. The monoisotopic (exact) mass is 523 g/mol. The Kier molecular flexibility index (Phi) is 5.53. The molecule has 0 radical (unpaired) electrons. The smallest absolute Gasteiger partial charge is 0.335 e. The van der Waals surface area contributed by atoms with Gasteiger partial charge in [0.25, 0.3) is 0 Å². The molecule has 1 fully saturated rings. The first-order valence-electron chi connectivity index (χ1n) is 12.8. The third-order valence-corrected chi connectivity index (χ3v) is 8.49. The number of allylic oxidation sites excluding steroid dienone is 6. The van der Waals surface area contributed by atoms with Gasteiger partial charge in [-0.25, -0.2) is 4.79 Å². The Morgan fingerprint density at radius 3 is 2.46 bits per heavy atom. The average molecular weight is 524 g/mol. The second-order valence-corrected chi connectivity index (χ2v) is 10.6. The van der Waals surface area contributed by atoms with E-state index in [9.17, 15) is 34.2 Å². The normalized spacial score (nSPS) is 26.2. The van der Waals surface area contributed by atoms with Crippen molar-refractivity contribution >= 4 is 35.0 Å². The second kappa shape index (κ2) is 8.73. The van der Waals surface area contributed by atoms with Crippen molar-refractivity contribution < 1.29 is 34.2 Å². The minimum atomic E-state index is -1.17. The number of hydrogen-bond donors (Lipinski definition) is 2. The van der Waals surface area contributed by atoms with Crippen LogP contribution in [-0.4, -0.2) is 39.6 Å². The molecule has 8 nitrogen and oxygen atoms in total. The molecule has 0 aromatic heterocycles. The molecule has 4 atom stereocenters. The Balaban J connectivity index is 1.49. The van der Waals surface area contributed by atoms with Crippen LogP contribution in [0.3, 0.4) is 0 Å². The first kappa shape index (κ1) is 24.7. The minimum absolute atomic E-state index is 0.0190. The van der Waals surface area contributed by atoms with E-state index in [0.29, 0.717) is 27.8 Å². The zero-order chi connectivity index (χ0) is 27.7. The van der Waals surface area contributed by atoms with E-state index in [1.165, 1.54) is 30.3 Å². The standard InChI is InChI=1S/C31H25NO7/c1-14-5-3-8-19(27(14)34)24-18-9-10-20-25(21(18)13-22-26(24)23(33)11-15(2)28(22)35)30(37)32(29(20)36)17-7-4-6-16(12-17)31(38)39/h3-9,11-12,20-21,24-25,34H,10,13H2,1-2H3,(H,38,39)/t20-,21+,24+,25-/m0/s1. The number of carboxylic acids is 1. The Morgan fingerprint density at radius 1 is 0.974 bits per heavy atom. The van der Waals surface area contributed by atoms with Crippen LogP contribution in [0.2, 0.25) is 0 Å². The lowest BCUT2D eigenvalue weighted by atomic mass is 9.59. The van der Waals surface area contributed by atoms with Gasteiger partial charge in [0.2, 0.25) is 11.8 Å². The van der Waals surface area contributed by atoms with Crippen molar-refractivity contribution in [1.29, 1.82) is 0 Å². The fraction of sp³-hybridized carbons (Fsp3) is 0.258. The number of rotatable bonds is 3. The van der Waals surface area contributed by atoms with Crippen LogP contribution in [0.5, 0.6) is 5.75 Å². The number of carboxylic acid groups (broad SMARTS) is 1. The Bertz CT molecular complexity index is 1620. The maximum atomic E-state index is 13.9. The topological polar surface area (TPSA) is 129 Å². The number of aryl methyl sites for hydroxylation is 1. The highest BCUT2D eigenvalue weighted by molar-refractivity contribution is 6.25. The van der Waals surface area contributed by atoms with Crippen molar-refractivity contribution in [1.82, 2.24) is 0 Å². The number of ketones is 2. The quantitative estimate of drug-likeness (QED) is 0.353. The van der Waals surface area contributed by atoms with Crippen molar-refractivity contribution in [3.8, 4) is 5.75 Å². The first-order valence-corrected chi connectivity index (χ1v) is 12.8. The van der Waals surface area contributed by atoms with E-state index in [1.54, 1.807) is 32.0 Å². The van der Waals surface area contributed by atoms with Crippen LogP contribution in [0.4, 0.5) is 5.69 Å². The summed E-state index contributed by atoms with van der Waals surface area (Å²) < 4.78 is 0. The summed E-state index contributed by atoms with van der Waals surface area (Å²) in [4.78, 5) is 66.7. The van der Waals surface area contributed by atoms with E-state index in [-0.39, 0.29) is 41.4 Å². The highest BCUT2D eigenvalue weighted by Crippen LogP contribution is 2.56. The summed E-state index contributed by atoms with van der Waals surface area (Å²) in [5.74, 6) is -5.34. The molecule has 2 aromatic rings. The van der Waals surface area contributed by atoms with Gasteiger partial charge in [0.05, 0.1) is 23.1 Å². The summed E-state index contributed by atoms with van der Waals surface area (Å²) in [6.07, 6.45) is 3.59. The molecule has 2 N–H and O–H groups in total. The molecule has 1 saturated heterocycles. The number of fused-ring (bicyclic) bond motifs is 3. The third kappa shape index (κ3) is 3.55. The van der Waals surface area contributed by atoms with Crippen LogP contribution < -0.4 is 4.90 Å². The molecule has 4 aliphatic rings. The number of anilines is 1. The maximum Gasteiger partial charge on any atom is 0.335 e. The number of imide groups is 1. The minimum Gasteiger partial charge on any atom is -0.507 e. The van der Waals surface area contributed by atoms with Crippen molar-refractivity contribution in [3.05, 3.63) is 93.6 Å². The molecule has 8 heteroatoms. The average Bonchev–Trinajstić information content (AvgIpc) is 3.17. The molecule has 0 saturated carbocycles. The number of Topliss-reactive ketones (excluding diaryl/α,β-unsaturated/α-hetero) is 1. The molecule has 39 heavy (non-hydrogen) atoms. The molecule has 2 aromatic carbocycles. The van der Waals surface area contributed by atoms with E-state index in [1.807, 2.05) is 6.08 Å². The lowest BCUT2D eigenvalue weighted by Crippen LogP contribution is -2.39.